The maximum absolute atomic E-state index is 12.6. The molecule has 3 saturated heterocycles. The molecular weight excluding hydrogens is 704 g/mol. The Kier molecular flexibility index (Phi) is 14.8. The van der Waals surface area contributed by atoms with E-state index in [0.717, 1.165) is 34.4 Å². The SMILES string of the molecule is CC(=O)OC1COC(C(=O)OCc2ccccc2)[C@@H](C)[C@H]1OCc1ccccc1.COc1ccc(COC2[C@@H]3OCC(C[C@H]2OCc2ccccc2)O3)cc1. The Hall–Kier alpha value is -4.62. The maximum atomic E-state index is 12.6. The summed E-state index contributed by atoms with van der Waals surface area (Å²) in [6, 6.07) is 37.2. The van der Waals surface area contributed by atoms with E-state index in [9.17, 15) is 9.59 Å². The highest BCUT2D eigenvalue weighted by Gasteiger charge is 2.46. The minimum atomic E-state index is -0.786. The fourth-order valence-electron chi connectivity index (χ4n) is 6.76. The molecule has 0 aromatic heterocycles. The summed E-state index contributed by atoms with van der Waals surface area (Å²) in [6.45, 7) is 5.45. The quantitative estimate of drug-likeness (QED) is 0.130. The van der Waals surface area contributed by atoms with Gasteiger partial charge < -0.3 is 42.6 Å². The van der Waals surface area contributed by atoms with Gasteiger partial charge in [-0.05, 0) is 34.4 Å². The first-order chi connectivity index (χ1) is 26.9. The average Bonchev–Trinajstić information content (AvgIpc) is 3.61. The van der Waals surface area contributed by atoms with E-state index in [1.165, 1.54) is 6.92 Å². The monoisotopic (exact) mass is 754 g/mol. The molecule has 4 aromatic rings. The van der Waals surface area contributed by atoms with Crippen LogP contribution in [0, 0.1) is 5.92 Å². The zero-order valence-corrected chi connectivity index (χ0v) is 31.5. The van der Waals surface area contributed by atoms with Gasteiger partial charge in [-0.1, -0.05) is 110 Å². The largest absolute Gasteiger partial charge is 0.497 e. The number of carbonyl (C=O) groups excluding carboxylic acids is 2. The van der Waals surface area contributed by atoms with Crippen molar-refractivity contribution in [2.45, 2.75) is 89.6 Å². The van der Waals surface area contributed by atoms with Gasteiger partial charge in [-0.25, -0.2) is 4.79 Å². The van der Waals surface area contributed by atoms with Crippen molar-refractivity contribution in [2.24, 2.45) is 5.92 Å². The van der Waals surface area contributed by atoms with Crippen LogP contribution in [0.25, 0.3) is 0 Å². The molecule has 0 N–H and O–H groups in total. The second kappa shape index (κ2) is 20.3. The molecule has 4 unspecified atom stereocenters. The van der Waals surface area contributed by atoms with Crippen LogP contribution in [-0.4, -0.2) is 75.2 Å². The van der Waals surface area contributed by atoms with Crippen molar-refractivity contribution < 1.29 is 52.2 Å². The Labute approximate surface area is 322 Å². The molecule has 11 heteroatoms. The van der Waals surface area contributed by atoms with Crippen LogP contribution in [-0.2, 0) is 73.9 Å². The minimum Gasteiger partial charge on any atom is -0.497 e. The van der Waals surface area contributed by atoms with Crippen LogP contribution in [0.3, 0.4) is 0 Å². The molecule has 4 aromatic carbocycles. The van der Waals surface area contributed by atoms with Crippen LogP contribution in [0.15, 0.2) is 115 Å². The van der Waals surface area contributed by atoms with Gasteiger partial charge in [0.15, 0.2) is 18.5 Å². The lowest BCUT2D eigenvalue weighted by Crippen LogP contribution is -2.53. The Morgan fingerprint density at radius 3 is 1.76 bits per heavy atom. The van der Waals surface area contributed by atoms with E-state index in [0.29, 0.717) is 26.4 Å². The number of fused-ring (bicyclic) bond motifs is 2. The Bertz CT molecular complexity index is 1740. The normalized spacial score (nSPS) is 25.6. The van der Waals surface area contributed by atoms with E-state index in [1.807, 2.05) is 110 Å². The lowest BCUT2D eigenvalue weighted by Gasteiger charge is -2.39. The van der Waals surface area contributed by atoms with Gasteiger partial charge in [-0.3, -0.25) is 4.79 Å². The molecule has 55 heavy (non-hydrogen) atoms. The van der Waals surface area contributed by atoms with Gasteiger partial charge >= 0.3 is 11.9 Å². The summed E-state index contributed by atoms with van der Waals surface area (Å²) < 4.78 is 51.7. The summed E-state index contributed by atoms with van der Waals surface area (Å²) in [4.78, 5) is 24.1. The molecule has 0 spiro atoms. The molecule has 7 rings (SSSR count). The van der Waals surface area contributed by atoms with Crippen LogP contribution in [0.4, 0.5) is 0 Å². The second-order valence-electron chi connectivity index (χ2n) is 13.8. The highest BCUT2D eigenvalue weighted by Crippen LogP contribution is 2.33. The van der Waals surface area contributed by atoms with Gasteiger partial charge in [-0.15, -0.1) is 0 Å². The number of rotatable bonds is 14. The number of ether oxygens (including phenoxy) is 9. The summed E-state index contributed by atoms with van der Waals surface area (Å²) in [5, 5.41) is 0. The minimum absolute atomic E-state index is 0.0419. The lowest BCUT2D eigenvalue weighted by molar-refractivity contribution is -0.227. The van der Waals surface area contributed by atoms with E-state index >= 15 is 0 Å². The zero-order valence-electron chi connectivity index (χ0n) is 31.5. The predicted molar refractivity (Wildman–Crippen MR) is 202 cm³/mol. The standard InChI is InChI=1S/C23H26O6.C21H24O5/c1-16-21(26-13-18-9-5-3-6-10-18)20(29-17(2)24)15-27-22(16)23(25)28-14-19-11-7-4-8-12-19;1-22-17-9-7-16(8-10-17)13-24-20-19(11-18-14-25-21(20)26-18)23-12-15-5-3-2-4-6-15/h3-12,16,20-22H,13-15H2,1-2H3;2-10,18-21H,11-14H2,1H3/t16-,20?,21+,22?;18?,19-,20?,21-/m01/s1. The highest BCUT2D eigenvalue weighted by molar-refractivity contribution is 5.75. The van der Waals surface area contributed by atoms with Crippen molar-refractivity contribution in [3.63, 3.8) is 0 Å². The summed E-state index contributed by atoms with van der Waals surface area (Å²) in [5.41, 5.74) is 4.13. The van der Waals surface area contributed by atoms with Gasteiger partial charge in [0.1, 0.15) is 24.6 Å². The van der Waals surface area contributed by atoms with Gasteiger partial charge in [0.2, 0.25) is 0 Å². The third-order valence-electron chi connectivity index (χ3n) is 9.67. The van der Waals surface area contributed by atoms with Crippen LogP contribution in [0.5, 0.6) is 5.75 Å². The zero-order chi connectivity index (χ0) is 38.4. The Balaban J connectivity index is 0.000000188. The summed E-state index contributed by atoms with van der Waals surface area (Å²) in [5.74, 6) is -0.374. The van der Waals surface area contributed by atoms with Crippen molar-refractivity contribution in [1.82, 2.24) is 0 Å². The van der Waals surface area contributed by atoms with Crippen molar-refractivity contribution in [2.75, 3.05) is 20.3 Å². The second-order valence-corrected chi connectivity index (χ2v) is 13.8. The summed E-state index contributed by atoms with van der Waals surface area (Å²) in [7, 11) is 1.66. The molecule has 3 aliphatic rings. The third kappa shape index (κ3) is 11.7. The van der Waals surface area contributed by atoms with Crippen molar-refractivity contribution >= 4 is 11.9 Å². The topological polar surface area (TPSA) is 117 Å². The van der Waals surface area contributed by atoms with Crippen molar-refractivity contribution in [1.29, 1.82) is 0 Å². The molecule has 0 saturated carbocycles. The van der Waals surface area contributed by atoms with Crippen LogP contribution in [0.1, 0.15) is 42.5 Å². The van der Waals surface area contributed by atoms with E-state index in [2.05, 4.69) is 12.1 Å². The molecular formula is C44H50O11. The average molecular weight is 755 g/mol. The smallest absolute Gasteiger partial charge is 0.335 e. The van der Waals surface area contributed by atoms with E-state index in [4.69, 9.17) is 42.6 Å². The van der Waals surface area contributed by atoms with E-state index < -0.39 is 30.3 Å². The van der Waals surface area contributed by atoms with Crippen LogP contribution < -0.4 is 4.74 Å². The fraction of sp³-hybridized carbons (Fsp3) is 0.409. The molecule has 8 atom stereocenters. The molecule has 11 nitrogen and oxygen atoms in total. The molecule has 292 valence electrons. The molecule has 2 bridgehead atoms. The molecule has 0 aliphatic carbocycles. The van der Waals surface area contributed by atoms with Gasteiger partial charge in [0, 0.05) is 19.3 Å². The molecule has 3 fully saturated rings. The van der Waals surface area contributed by atoms with Crippen LogP contribution in [0.2, 0.25) is 0 Å². The van der Waals surface area contributed by atoms with E-state index in [1.54, 1.807) is 7.11 Å². The summed E-state index contributed by atoms with van der Waals surface area (Å²) >= 11 is 0. The van der Waals surface area contributed by atoms with Crippen molar-refractivity contribution in [3.05, 3.63) is 138 Å². The number of benzene rings is 4. The van der Waals surface area contributed by atoms with Gasteiger partial charge in [0.25, 0.3) is 0 Å². The number of carbonyl (C=O) groups is 2. The molecule has 0 radical (unpaired) electrons. The Morgan fingerprint density at radius 2 is 1.18 bits per heavy atom. The van der Waals surface area contributed by atoms with Gasteiger partial charge in [-0.2, -0.15) is 0 Å². The van der Waals surface area contributed by atoms with Crippen molar-refractivity contribution in [3.8, 4) is 5.75 Å². The first kappa shape index (κ1) is 40.1. The maximum Gasteiger partial charge on any atom is 0.335 e. The predicted octanol–water partition coefficient (Wildman–Crippen LogP) is 6.59. The number of hydrogen-bond donors (Lipinski definition) is 0. The number of esters is 2. The Morgan fingerprint density at radius 1 is 0.636 bits per heavy atom. The van der Waals surface area contributed by atoms with Crippen LogP contribution >= 0.6 is 0 Å². The highest BCUT2D eigenvalue weighted by atomic mass is 16.7. The third-order valence-corrected chi connectivity index (χ3v) is 9.67. The number of methoxy groups -OCH3 is 1. The van der Waals surface area contributed by atoms with E-state index in [-0.39, 0.29) is 43.7 Å². The van der Waals surface area contributed by atoms with Gasteiger partial charge in [0.05, 0.1) is 52.4 Å². The molecule has 0 amide bonds. The molecule has 3 heterocycles. The number of hydrogen-bond acceptors (Lipinski definition) is 11. The first-order valence-electron chi connectivity index (χ1n) is 18.7. The molecule has 3 aliphatic heterocycles. The first-order valence-corrected chi connectivity index (χ1v) is 18.7. The summed E-state index contributed by atoms with van der Waals surface area (Å²) in [6.07, 6.45) is -1.59. The fourth-order valence-corrected chi connectivity index (χ4v) is 6.76. The lowest BCUT2D eigenvalue weighted by atomic mass is 9.91.